The van der Waals surface area contributed by atoms with Gasteiger partial charge in [-0.15, -0.1) is 12.4 Å². The lowest BCUT2D eigenvalue weighted by Crippen LogP contribution is -2.35. The normalized spacial score (nSPS) is 31.0. The molecule has 2 unspecified atom stereocenters. The molecule has 0 aromatic heterocycles. The first-order chi connectivity index (χ1) is 12.7. The number of halogens is 1. The highest BCUT2D eigenvalue weighted by Crippen LogP contribution is 2.61. The van der Waals surface area contributed by atoms with Crippen LogP contribution in [0.1, 0.15) is 29.9 Å². The minimum Gasteiger partial charge on any atom is -0.493 e. The minimum atomic E-state index is -0.0130. The Morgan fingerprint density at radius 3 is 2.63 bits per heavy atom. The molecule has 3 aliphatic rings. The number of hydrogen-bond donors (Lipinski definition) is 1. The van der Waals surface area contributed by atoms with Crippen molar-refractivity contribution in [1.82, 2.24) is 4.90 Å². The van der Waals surface area contributed by atoms with Crippen LogP contribution in [0.5, 0.6) is 5.75 Å². The van der Waals surface area contributed by atoms with Crippen molar-refractivity contribution < 1.29 is 9.53 Å². The summed E-state index contributed by atoms with van der Waals surface area (Å²) in [6.45, 7) is 2.09. The molecular weight excluding hydrogens is 360 g/mol. The van der Waals surface area contributed by atoms with Crippen LogP contribution in [0.3, 0.4) is 0 Å². The highest BCUT2D eigenvalue weighted by atomic mass is 35.5. The molecular formula is C22H25ClN2O2. The van der Waals surface area contributed by atoms with Gasteiger partial charge in [0.05, 0.1) is 6.61 Å². The molecule has 0 bridgehead atoms. The van der Waals surface area contributed by atoms with Crippen LogP contribution in [0, 0.1) is 5.92 Å². The Labute approximate surface area is 166 Å². The van der Waals surface area contributed by atoms with Gasteiger partial charge in [0.15, 0.2) is 0 Å². The van der Waals surface area contributed by atoms with Gasteiger partial charge in [0.2, 0.25) is 5.91 Å². The molecule has 2 aromatic carbocycles. The standard InChI is InChI=1S/C22H24N2O2.ClH/c23-19-14-24(13-16(19)15-6-2-1-3-7-15)21(25)18-12-22(18)10-11-26-20-9-5-4-8-17(20)22;/h1-9,16,18-19H,10-14,23H2;1H/t16-,18?,19+,22?;/m0./s1. The van der Waals surface area contributed by atoms with Gasteiger partial charge in [-0.1, -0.05) is 48.5 Å². The maximum absolute atomic E-state index is 13.2. The molecule has 5 rings (SSSR count). The first-order valence-electron chi connectivity index (χ1n) is 9.51. The molecule has 2 heterocycles. The third-order valence-electron chi connectivity index (χ3n) is 6.51. The predicted octanol–water partition coefficient (Wildman–Crippen LogP) is 3.10. The highest BCUT2D eigenvalue weighted by Gasteiger charge is 2.62. The average Bonchev–Trinajstić information content (AvgIpc) is 3.26. The summed E-state index contributed by atoms with van der Waals surface area (Å²) in [5.74, 6) is 1.54. The van der Waals surface area contributed by atoms with Gasteiger partial charge in [0.1, 0.15) is 5.75 Å². The predicted molar refractivity (Wildman–Crippen MR) is 107 cm³/mol. The summed E-state index contributed by atoms with van der Waals surface area (Å²) in [6.07, 6.45) is 1.87. The largest absolute Gasteiger partial charge is 0.493 e. The van der Waals surface area contributed by atoms with Gasteiger partial charge < -0.3 is 15.4 Å². The first-order valence-corrected chi connectivity index (χ1v) is 9.51. The van der Waals surface area contributed by atoms with Crippen LogP contribution in [-0.4, -0.2) is 36.5 Å². The molecule has 2 aromatic rings. The fourth-order valence-corrected chi connectivity index (χ4v) is 4.97. The van der Waals surface area contributed by atoms with Crippen LogP contribution in [0.15, 0.2) is 54.6 Å². The van der Waals surface area contributed by atoms with Crippen molar-refractivity contribution in [2.75, 3.05) is 19.7 Å². The zero-order valence-electron chi connectivity index (χ0n) is 15.2. The lowest BCUT2D eigenvalue weighted by Gasteiger charge is -2.27. The van der Waals surface area contributed by atoms with Gasteiger partial charge in [0.25, 0.3) is 0 Å². The smallest absolute Gasteiger partial charge is 0.226 e. The van der Waals surface area contributed by atoms with Gasteiger partial charge in [-0.05, 0) is 24.5 Å². The molecule has 4 nitrogen and oxygen atoms in total. The molecule has 1 saturated carbocycles. The van der Waals surface area contributed by atoms with Crippen LogP contribution in [0.4, 0.5) is 0 Å². The maximum atomic E-state index is 13.2. The number of hydrogen-bond acceptors (Lipinski definition) is 3. The fourth-order valence-electron chi connectivity index (χ4n) is 4.97. The zero-order valence-corrected chi connectivity index (χ0v) is 16.0. The summed E-state index contributed by atoms with van der Waals surface area (Å²) >= 11 is 0. The molecule has 4 atom stereocenters. The average molecular weight is 385 g/mol. The summed E-state index contributed by atoms with van der Waals surface area (Å²) in [7, 11) is 0. The number of carbonyl (C=O) groups is 1. The molecule has 1 spiro atoms. The van der Waals surface area contributed by atoms with Crippen molar-refractivity contribution in [2.24, 2.45) is 11.7 Å². The second-order valence-corrected chi connectivity index (χ2v) is 7.93. The number of nitrogens with zero attached hydrogens (tertiary/aromatic N) is 1. The second-order valence-electron chi connectivity index (χ2n) is 7.93. The molecule has 5 heteroatoms. The van der Waals surface area contributed by atoms with Crippen molar-refractivity contribution in [3.8, 4) is 5.75 Å². The van der Waals surface area contributed by atoms with Gasteiger partial charge in [-0.2, -0.15) is 0 Å². The van der Waals surface area contributed by atoms with Gasteiger partial charge in [0, 0.05) is 41.9 Å². The van der Waals surface area contributed by atoms with Crippen molar-refractivity contribution in [3.05, 3.63) is 65.7 Å². The Kier molecular flexibility index (Phi) is 4.65. The Hall–Kier alpha value is -2.04. The van der Waals surface area contributed by atoms with E-state index in [-0.39, 0.29) is 41.6 Å². The summed E-state index contributed by atoms with van der Waals surface area (Å²) in [6, 6.07) is 18.5. The van der Waals surface area contributed by atoms with E-state index in [1.807, 2.05) is 41.3 Å². The first kappa shape index (κ1) is 18.3. The topological polar surface area (TPSA) is 55.6 Å². The van der Waals surface area contributed by atoms with Gasteiger partial charge in [-0.25, -0.2) is 0 Å². The molecule has 1 aliphatic carbocycles. The molecule has 27 heavy (non-hydrogen) atoms. The number of para-hydroxylation sites is 1. The van der Waals surface area contributed by atoms with Gasteiger partial charge >= 0.3 is 0 Å². The van der Waals surface area contributed by atoms with Crippen LogP contribution < -0.4 is 10.5 Å². The van der Waals surface area contributed by atoms with E-state index in [1.165, 1.54) is 11.1 Å². The number of amides is 1. The minimum absolute atomic E-state index is 0. The van der Waals surface area contributed by atoms with Crippen molar-refractivity contribution >= 4 is 18.3 Å². The van der Waals surface area contributed by atoms with Crippen LogP contribution in [-0.2, 0) is 10.2 Å². The zero-order chi connectivity index (χ0) is 17.7. The molecule has 2 N–H and O–H groups in total. The Bertz CT molecular complexity index is 843. The Morgan fingerprint density at radius 2 is 1.81 bits per heavy atom. The van der Waals surface area contributed by atoms with E-state index in [2.05, 4.69) is 18.2 Å². The number of rotatable bonds is 2. The van der Waals surface area contributed by atoms with Crippen LogP contribution in [0.2, 0.25) is 0 Å². The summed E-state index contributed by atoms with van der Waals surface area (Å²) in [5.41, 5.74) is 8.83. The number of fused-ring (bicyclic) bond motifs is 2. The second kappa shape index (κ2) is 6.84. The lowest BCUT2D eigenvalue weighted by atomic mass is 9.87. The van der Waals surface area contributed by atoms with Crippen molar-refractivity contribution in [2.45, 2.75) is 30.2 Å². The third-order valence-corrected chi connectivity index (χ3v) is 6.51. The van der Waals surface area contributed by atoms with Gasteiger partial charge in [-0.3, -0.25) is 4.79 Å². The number of likely N-dealkylation sites (tertiary alicyclic amines) is 1. The number of ether oxygens (including phenoxy) is 1. The Balaban J connectivity index is 0.00000180. The quantitative estimate of drug-likeness (QED) is 0.865. The monoisotopic (exact) mass is 384 g/mol. The highest BCUT2D eigenvalue weighted by molar-refractivity contribution is 5.86. The van der Waals surface area contributed by atoms with Crippen LogP contribution >= 0.6 is 12.4 Å². The van der Waals surface area contributed by atoms with Crippen LogP contribution in [0.25, 0.3) is 0 Å². The van der Waals surface area contributed by atoms with E-state index >= 15 is 0 Å². The summed E-state index contributed by atoms with van der Waals surface area (Å²) < 4.78 is 5.80. The van der Waals surface area contributed by atoms with Crippen molar-refractivity contribution in [1.29, 1.82) is 0 Å². The number of nitrogens with two attached hydrogens (primary N) is 1. The van der Waals surface area contributed by atoms with E-state index in [0.717, 1.165) is 25.1 Å². The van der Waals surface area contributed by atoms with E-state index in [4.69, 9.17) is 10.5 Å². The fraction of sp³-hybridized carbons (Fsp3) is 0.409. The summed E-state index contributed by atoms with van der Waals surface area (Å²) in [5, 5.41) is 0. The molecule has 142 valence electrons. The third kappa shape index (κ3) is 2.91. The molecule has 0 radical (unpaired) electrons. The number of carbonyl (C=O) groups excluding carboxylic acids is 1. The SMILES string of the molecule is Cl.N[C@@H]1CN(C(=O)C2CC23CCOc2ccccc23)C[C@H]1c1ccccc1. The molecule has 1 amide bonds. The lowest BCUT2D eigenvalue weighted by molar-refractivity contribution is -0.132. The summed E-state index contributed by atoms with van der Waals surface area (Å²) in [4.78, 5) is 15.2. The van der Waals surface area contributed by atoms with E-state index in [9.17, 15) is 4.79 Å². The number of benzene rings is 2. The van der Waals surface area contributed by atoms with E-state index < -0.39 is 0 Å². The van der Waals surface area contributed by atoms with E-state index in [0.29, 0.717) is 13.2 Å². The molecule has 2 aliphatic heterocycles. The van der Waals surface area contributed by atoms with Crippen molar-refractivity contribution in [3.63, 3.8) is 0 Å². The molecule has 1 saturated heterocycles. The van der Waals surface area contributed by atoms with E-state index in [1.54, 1.807) is 0 Å². The molecule has 2 fully saturated rings. The Morgan fingerprint density at radius 1 is 1.07 bits per heavy atom. The maximum Gasteiger partial charge on any atom is 0.226 e.